The van der Waals surface area contributed by atoms with E-state index in [-0.39, 0.29) is 16.1 Å². The topological polar surface area (TPSA) is 153 Å². The van der Waals surface area contributed by atoms with Crippen LogP contribution < -0.4 is 16.0 Å². The number of hydrogen-bond acceptors (Lipinski definition) is 5. The van der Waals surface area contributed by atoms with E-state index in [0.717, 1.165) is 4.31 Å². The molecule has 0 radical (unpaired) electrons. The van der Waals surface area contributed by atoms with Crippen molar-refractivity contribution < 1.29 is 36.3 Å². The maximum absolute atomic E-state index is 14.4. The standard InChI is InChI=1S/C16H15ClF4N4O5S.H2O/c1-7(2)24(3)31(29,30)23-14(27)8-4-11(10(18)5-9(8)17)25-13(26)6-12(16(19,20)21)22-15(25)28;/h4-7H,1-3H3,(H,22,28)(H,23,27);1H2. The second kappa shape index (κ2) is 9.40. The van der Waals surface area contributed by atoms with E-state index in [1.54, 1.807) is 4.72 Å². The number of nitrogens with zero attached hydrogens (tertiary/aromatic N) is 2. The summed E-state index contributed by atoms with van der Waals surface area (Å²) < 4.78 is 79.5. The Kier molecular flexibility index (Phi) is 8.01. The molecule has 0 aliphatic rings. The molecular formula is C16H17ClF4N4O6S. The Labute approximate surface area is 182 Å². The number of rotatable bonds is 5. The highest BCUT2D eigenvalue weighted by atomic mass is 35.5. The highest BCUT2D eigenvalue weighted by molar-refractivity contribution is 7.87. The zero-order chi connectivity index (χ0) is 23.9. The van der Waals surface area contributed by atoms with Crippen molar-refractivity contribution in [2.45, 2.75) is 26.1 Å². The van der Waals surface area contributed by atoms with Crippen LogP contribution in [0.5, 0.6) is 0 Å². The van der Waals surface area contributed by atoms with Gasteiger partial charge >= 0.3 is 22.1 Å². The number of alkyl halides is 3. The molecule has 0 saturated carbocycles. The Morgan fingerprint density at radius 3 is 2.25 bits per heavy atom. The molecule has 0 fully saturated rings. The lowest BCUT2D eigenvalue weighted by Crippen LogP contribution is -2.44. The predicted molar refractivity (Wildman–Crippen MR) is 106 cm³/mol. The van der Waals surface area contributed by atoms with Gasteiger partial charge in [-0.25, -0.2) is 18.5 Å². The van der Waals surface area contributed by atoms with Crippen molar-refractivity contribution in [3.63, 3.8) is 0 Å². The molecular weight excluding hydrogens is 488 g/mol. The summed E-state index contributed by atoms with van der Waals surface area (Å²) in [5.41, 5.74) is -6.40. The van der Waals surface area contributed by atoms with Gasteiger partial charge in [0.1, 0.15) is 11.5 Å². The van der Waals surface area contributed by atoms with Crippen molar-refractivity contribution in [1.29, 1.82) is 0 Å². The number of aromatic amines is 1. The van der Waals surface area contributed by atoms with Gasteiger partial charge in [0, 0.05) is 19.2 Å². The highest BCUT2D eigenvalue weighted by Crippen LogP contribution is 2.26. The van der Waals surface area contributed by atoms with Gasteiger partial charge in [0.05, 0.1) is 16.3 Å². The van der Waals surface area contributed by atoms with Gasteiger partial charge in [-0.3, -0.25) is 9.59 Å². The molecule has 178 valence electrons. The van der Waals surface area contributed by atoms with Gasteiger partial charge in [-0.1, -0.05) is 11.6 Å². The van der Waals surface area contributed by atoms with Gasteiger partial charge in [0.2, 0.25) is 0 Å². The number of H-pyrrole nitrogens is 1. The molecule has 16 heteroatoms. The van der Waals surface area contributed by atoms with Crippen LogP contribution in [0, 0.1) is 5.82 Å². The molecule has 0 unspecified atom stereocenters. The number of hydrogen-bond donors (Lipinski definition) is 2. The van der Waals surface area contributed by atoms with Crippen molar-refractivity contribution in [3.05, 3.63) is 61.1 Å². The summed E-state index contributed by atoms with van der Waals surface area (Å²) in [6.45, 7) is 3.05. The maximum Gasteiger partial charge on any atom is 0.431 e. The summed E-state index contributed by atoms with van der Waals surface area (Å²) in [5.74, 6) is -2.65. The lowest BCUT2D eigenvalue weighted by molar-refractivity contribution is -0.141. The molecule has 1 amide bonds. The minimum Gasteiger partial charge on any atom is -0.412 e. The molecule has 0 saturated heterocycles. The summed E-state index contributed by atoms with van der Waals surface area (Å²) >= 11 is 5.79. The molecule has 2 rings (SSSR count). The number of benzene rings is 1. The van der Waals surface area contributed by atoms with Gasteiger partial charge in [0.15, 0.2) is 0 Å². The third kappa shape index (κ3) is 5.53. The first kappa shape index (κ1) is 27.3. The van der Waals surface area contributed by atoms with E-state index in [0.29, 0.717) is 12.1 Å². The van der Waals surface area contributed by atoms with Crippen molar-refractivity contribution in [2.75, 3.05) is 7.05 Å². The number of amides is 1. The van der Waals surface area contributed by atoms with Gasteiger partial charge in [-0.2, -0.15) is 25.9 Å². The summed E-state index contributed by atoms with van der Waals surface area (Å²) in [6, 6.07) is 0.571. The second-order valence-corrected chi connectivity index (χ2v) is 8.63. The smallest absolute Gasteiger partial charge is 0.412 e. The quantitative estimate of drug-likeness (QED) is 0.577. The van der Waals surface area contributed by atoms with Gasteiger partial charge in [-0.15, -0.1) is 0 Å². The van der Waals surface area contributed by atoms with Gasteiger partial charge < -0.3 is 10.5 Å². The van der Waals surface area contributed by atoms with E-state index in [9.17, 15) is 40.4 Å². The molecule has 1 heterocycles. The highest BCUT2D eigenvalue weighted by Gasteiger charge is 2.33. The summed E-state index contributed by atoms with van der Waals surface area (Å²) in [5, 5.41) is -0.572. The van der Waals surface area contributed by atoms with Crippen LogP contribution in [0.15, 0.2) is 27.8 Å². The van der Waals surface area contributed by atoms with Crippen LogP contribution in [0.25, 0.3) is 5.69 Å². The average Bonchev–Trinajstić information content (AvgIpc) is 2.60. The van der Waals surface area contributed by atoms with Crippen LogP contribution in [0.1, 0.15) is 29.9 Å². The summed E-state index contributed by atoms with van der Waals surface area (Å²) in [7, 11) is -3.15. The molecule has 0 aliphatic heterocycles. The Bertz CT molecular complexity index is 1230. The molecule has 2 aromatic rings. The van der Waals surface area contributed by atoms with E-state index in [4.69, 9.17) is 11.6 Å². The molecule has 0 bridgehead atoms. The first-order chi connectivity index (χ1) is 14.1. The summed E-state index contributed by atoms with van der Waals surface area (Å²) in [6.07, 6.45) is -5.04. The largest absolute Gasteiger partial charge is 0.431 e. The molecule has 1 aromatic carbocycles. The SMILES string of the molecule is CC(C)N(C)S(=O)(=O)NC(=O)c1cc(-n2c(=O)cc(C(F)(F)F)[nH]c2=O)c(F)cc1Cl.O. The number of aromatic nitrogens is 2. The van der Waals surface area contributed by atoms with Crippen molar-refractivity contribution in [2.24, 2.45) is 0 Å². The van der Waals surface area contributed by atoms with Crippen LogP contribution in [0.3, 0.4) is 0 Å². The van der Waals surface area contributed by atoms with Crippen LogP contribution in [0.4, 0.5) is 17.6 Å². The van der Waals surface area contributed by atoms with Crippen LogP contribution in [-0.4, -0.2) is 46.7 Å². The Balaban J connectivity index is 0.00000512. The molecule has 0 atom stereocenters. The molecule has 1 aromatic heterocycles. The van der Waals surface area contributed by atoms with Gasteiger partial charge in [-0.05, 0) is 26.0 Å². The van der Waals surface area contributed by atoms with Crippen LogP contribution >= 0.6 is 11.6 Å². The number of carbonyl (C=O) groups is 1. The van der Waals surface area contributed by atoms with E-state index in [2.05, 4.69) is 0 Å². The maximum atomic E-state index is 14.4. The van der Waals surface area contributed by atoms with E-state index in [1.807, 2.05) is 0 Å². The number of nitrogens with one attached hydrogen (secondary N) is 2. The first-order valence-corrected chi connectivity index (χ1v) is 10.1. The normalized spacial score (nSPS) is 12.1. The third-order valence-electron chi connectivity index (χ3n) is 4.09. The zero-order valence-corrected chi connectivity index (χ0v) is 18.1. The molecule has 10 nitrogen and oxygen atoms in total. The third-order valence-corrected chi connectivity index (χ3v) is 6.02. The minimum absolute atomic E-state index is 0. The summed E-state index contributed by atoms with van der Waals surface area (Å²) in [4.78, 5) is 37.9. The van der Waals surface area contributed by atoms with Crippen molar-refractivity contribution in [1.82, 2.24) is 18.6 Å². The van der Waals surface area contributed by atoms with Gasteiger partial charge in [0.25, 0.3) is 11.5 Å². The minimum atomic E-state index is -5.04. The van der Waals surface area contributed by atoms with E-state index in [1.165, 1.54) is 25.9 Å². The van der Waals surface area contributed by atoms with Crippen molar-refractivity contribution >= 4 is 27.7 Å². The lowest BCUT2D eigenvalue weighted by atomic mass is 10.1. The lowest BCUT2D eigenvalue weighted by Gasteiger charge is -2.21. The predicted octanol–water partition coefficient (Wildman–Crippen LogP) is 0.827. The fraction of sp³-hybridized carbons (Fsp3) is 0.312. The molecule has 4 N–H and O–H groups in total. The van der Waals surface area contributed by atoms with E-state index >= 15 is 0 Å². The molecule has 0 aliphatic carbocycles. The Morgan fingerprint density at radius 1 is 1.22 bits per heavy atom. The zero-order valence-electron chi connectivity index (χ0n) is 16.5. The molecule has 0 spiro atoms. The average molecular weight is 505 g/mol. The monoisotopic (exact) mass is 504 g/mol. The first-order valence-electron chi connectivity index (χ1n) is 8.29. The Hall–Kier alpha value is -2.75. The van der Waals surface area contributed by atoms with Crippen LogP contribution in [0.2, 0.25) is 5.02 Å². The molecule has 32 heavy (non-hydrogen) atoms. The van der Waals surface area contributed by atoms with Crippen molar-refractivity contribution in [3.8, 4) is 5.69 Å². The van der Waals surface area contributed by atoms with Crippen LogP contribution in [-0.2, 0) is 16.4 Å². The number of carbonyl (C=O) groups excluding carboxylic acids is 1. The fourth-order valence-corrected chi connectivity index (χ4v) is 3.56. The van der Waals surface area contributed by atoms with E-state index < -0.39 is 67.4 Å². The fourth-order valence-electron chi connectivity index (χ4n) is 2.28. The number of halogens is 5. The Morgan fingerprint density at radius 2 is 1.78 bits per heavy atom. The second-order valence-electron chi connectivity index (χ2n) is 6.49.